The molecule has 0 saturated carbocycles. The van der Waals surface area contributed by atoms with E-state index >= 15 is 0 Å². The Balaban J connectivity index is 2.07. The molecule has 0 aliphatic rings. The van der Waals surface area contributed by atoms with Gasteiger partial charge in [0.2, 0.25) is 0 Å². The van der Waals surface area contributed by atoms with Crippen LogP contribution in [0.15, 0.2) is 47.5 Å². The van der Waals surface area contributed by atoms with Crippen LogP contribution in [-0.2, 0) is 11.3 Å². The van der Waals surface area contributed by atoms with E-state index in [1.165, 1.54) is 13.2 Å². The highest BCUT2D eigenvalue weighted by Crippen LogP contribution is 2.29. The third-order valence-electron chi connectivity index (χ3n) is 4.07. The number of benzene rings is 2. The number of rotatable bonds is 12. The summed E-state index contributed by atoms with van der Waals surface area (Å²) in [4.78, 5) is 4.52. The number of aliphatic imine (C=N–C) groups is 1. The summed E-state index contributed by atoms with van der Waals surface area (Å²) in [5.41, 5.74) is 1.50. The van der Waals surface area contributed by atoms with Crippen LogP contribution in [0.25, 0.3) is 0 Å². The first-order valence-electron chi connectivity index (χ1n) is 9.94. The van der Waals surface area contributed by atoms with Crippen LogP contribution in [-0.4, -0.2) is 46.5 Å². The number of nitrogens with one attached hydrogen (secondary N) is 2. The fourth-order valence-electron chi connectivity index (χ4n) is 2.68. The van der Waals surface area contributed by atoms with Crippen molar-refractivity contribution in [2.45, 2.75) is 26.5 Å². The number of anilines is 1. The van der Waals surface area contributed by atoms with Crippen molar-refractivity contribution >= 4 is 11.6 Å². The number of hydrogen-bond acceptors (Lipinski definition) is 5. The van der Waals surface area contributed by atoms with Crippen molar-refractivity contribution < 1.29 is 27.7 Å². The number of halogens is 2. The number of nitrogens with zero attached hydrogens (tertiary/aromatic N) is 1. The zero-order valence-corrected chi connectivity index (χ0v) is 18.0. The molecule has 2 rings (SSSR count). The zero-order valence-electron chi connectivity index (χ0n) is 18.0. The first kappa shape index (κ1) is 24.2. The Bertz CT molecular complexity index is 834. The van der Waals surface area contributed by atoms with Gasteiger partial charge in [-0.2, -0.15) is 8.78 Å². The SMILES string of the molecule is CCNC(=NCc1ccc(OC)c(OC(F)F)c1)Nc1cccc(OCCCOC)c1. The molecule has 2 N–H and O–H groups in total. The number of alkyl halides is 2. The monoisotopic (exact) mass is 437 g/mol. The van der Waals surface area contributed by atoms with Gasteiger partial charge >= 0.3 is 6.61 Å². The third-order valence-corrected chi connectivity index (χ3v) is 4.07. The van der Waals surface area contributed by atoms with Gasteiger partial charge in [-0.3, -0.25) is 0 Å². The molecular formula is C22H29F2N3O4. The standard InChI is InChI=1S/C22H29F2N3O4/c1-4-25-22(27-17-7-5-8-18(14-17)30-12-6-11-28-2)26-15-16-9-10-19(29-3)20(13-16)31-21(23)24/h5,7-10,13-14,21H,4,6,11-12,15H2,1-3H3,(H2,25,26,27). The lowest BCUT2D eigenvalue weighted by Gasteiger charge is -2.14. The van der Waals surface area contributed by atoms with E-state index in [1.807, 2.05) is 31.2 Å². The molecule has 0 aliphatic heterocycles. The van der Waals surface area contributed by atoms with Crippen LogP contribution in [0.4, 0.5) is 14.5 Å². The molecule has 31 heavy (non-hydrogen) atoms. The molecular weight excluding hydrogens is 408 g/mol. The molecule has 0 aromatic heterocycles. The fourth-order valence-corrected chi connectivity index (χ4v) is 2.68. The second kappa shape index (κ2) is 13.3. The molecule has 7 nitrogen and oxygen atoms in total. The average Bonchev–Trinajstić information content (AvgIpc) is 2.75. The van der Waals surface area contributed by atoms with E-state index in [9.17, 15) is 8.78 Å². The minimum absolute atomic E-state index is 0.0264. The average molecular weight is 437 g/mol. The maximum Gasteiger partial charge on any atom is 0.387 e. The molecule has 0 fully saturated rings. The topological polar surface area (TPSA) is 73.3 Å². The molecule has 0 atom stereocenters. The van der Waals surface area contributed by atoms with Gasteiger partial charge in [0.15, 0.2) is 17.5 Å². The Hall–Kier alpha value is -3.07. The number of guanidine groups is 1. The molecule has 0 bridgehead atoms. The van der Waals surface area contributed by atoms with Crippen molar-refractivity contribution in [1.82, 2.24) is 5.32 Å². The van der Waals surface area contributed by atoms with Gasteiger partial charge in [-0.25, -0.2) is 4.99 Å². The molecule has 2 aromatic carbocycles. The van der Waals surface area contributed by atoms with Gasteiger partial charge in [0.25, 0.3) is 0 Å². The lowest BCUT2D eigenvalue weighted by Crippen LogP contribution is -2.30. The van der Waals surface area contributed by atoms with Crippen LogP contribution in [0.5, 0.6) is 17.2 Å². The summed E-state index contributed by atoms with van der Waals surface area (Å²) in [6.45, 7) is 1.13. The molecule has 2 aromatic rings. The van der Waals surface area contributed by atoms with Gasteiger partial charge in [-0.1, -0.05) is 12.1 Å². The van der Waals surface area contributed by atoms with Crippen molar-refractivity contribution in [3.63, 3.8) is 0 Å². The van der Waals surface area contributed by atoms with E-state index in [-0.39, 0.29) is 18.0 Å². The molecule has 0 aliphatic carbocycles. The zero-order chi connectivity index (χ0) is 22.5. The van der Waals surface area contributed by atoms with Crippen LogP contribution in [0.2, 0.25) is 0 Å². The maximum absolute atomic E-state index is 12.6. The predicted molar refractivity (Wildman–Crippen MR) is 116 cm³/mol. The summed E-state index contributed by atoms with van der Waals surface area (Å²) in [5, 5.41) is 6.38. The quantitative estimate of drug-likeness (QED) is 0.293. The molecule has 0 unspecified atom stereocenters. The number of ether oxygens (including phenoxy) is 4. The molecule has 0 spiro atoms. The molecule has 0 amide bonds. The molecule has 9 heteroatoms. The number of methoxy groups -OCH3 is 2. The van der Waals surface area contributed by atoms with Crippen LogP contribution in [0.1, 0.15) is 18.9 Å². The van der Waals surface area contributed by atoms with Gasteiger partial charge < -0.3 is 29.6 Å². The van der Waals surface area contributed by atoms with E-state index in [4.69, 9.17) is 14.2 Å². The summed E-state index contributed by atoms with van der Waals surface area (Å²) in [7, 11) is 3.05. The molecule has 0 radical (unpaired) electrons. The van der Waals surface area contributed by atoms with Crippen LogP contribution < -0.4 is 24.8 Å². The summed E-state index contributed by atoms with van der Waals surface area (Å²) in [5.74, 6) is 1.49. The van der Waals surface area contributed by atoms with Crippen LogP contribution in [0, 0.1) is 0 Å². The first-order chi connectivity index (χ1) is 15.0. The third kappa shape index (κ3) is 8.67. The second-order valence-electron chi connectivity index (χ2n) is 6.41. The Labute approximate surface area is 181 Å². The fraction of sp³-hybridized carbons (Fsp3) is 0.409. The highest BCUT2D eigenvalue weighted by Gasteiger charge is 2.11. The molecule has 0 heterocycles. The highest BCUT2D eigenvalue weighted by molar-refractivity contribution is 5.93. The highest BCUT2D eigenvalue weighted by atomic mass is 19.3. The Morgan fingerprint density at radius 1 is 1.06 bits per heavy atom. The molecule has 170 valence electrons. The summed E-state index contributed by atoms with van der Waals surface area (Å²) in [6, 6.07) is 12.4. The van der Waals surface area contributed by atoms with Gasteiger partial charge in [0.1, 0.15) is 5.75 Å². The minimum atomic E-state index is -2.93. The Kier molecular flexibility index (Phi) is 10.4. The maximum atomic E-state index is 12.6. The largest absolute Gasteiger partial charge is 0.493 e. The minimum Gasteiger partial charge on any atom is -0.493 e. The van der Waals surface area contributed by atoms with Gasteiger partial charge in [-0.15, -0.1) is 0 Å². The normalized spacial score (nSPS) is 11.4. The van der Waals surface area contributed by atoms with Crippen molar-refractivity contribution in [2.75, 3.05) is 39.3 Å². The Morgan fingerprint density at radius 3 is 2.61 bits per heavy atom. The van der Waals surface area contributed by atoms with Crippen molar-refractivity contribution in [3.05, 3.63) is 48.0 Å². The van der Waals surface area contributed by atoms with E-state index in [1.54, 1.807) is 19.2 Å². The lowest BCUT2D eigenvalue weighted by atomic mass is 10.2. The van der Waals surface area contributed by atoms with E-state index in [0.29, 0.717) is 31.3 Å². The Morgan fingerprint density at radius 2 is 1.90 bits per heavy atom. The van der Waals surface area contributed by atoms with Crippen molar-refractivity contribution in [2.24, 2.45) is 4.99 Å². The van der Waals surface area contributed by atoms with E-state index < -0.39 is 6.61 Å². The smallest absolute Gasteiger partial charge is 0.387 e. The first-order valence-corrected chi connectivity index (χ1v) is 9.94. The predicted octanol–water partition coefficient (Wildman–Crippen LogP) is 4.29. The van der Waals surface area contributed by atoms with Crippen molar-refractivity contribution in [3.8, 4) is 17.2 Å². The molecule has 0 saturated heterocycles. The summed E-state index contributed by atoms with van der Waals surface area (Å²) >= 11 is 0. The van der Waals surface area contributed by atoms with Gasteiger partial charge in [0, 0.05) is 38.4 Å². The van der Waals surface area contributed by atoms with Gasteiger partial charge in [0.05, 0.1) is 20.3 Å². The van der Waals surface area contributed by atoms with Gasteiger partial charge in [-0.05, 0) is 36.8 Å². The number of hydrogen-bond donors (Lipinski definition) is 2. The second-order valence-corrected chi connectivity index (χ2v) is 6.41. The van der Waals surface area contributed by atoms with Crippen LogP contribution in [0.3, 0.4) is 0 Å². The lowest BCUT2D eigenvalue weighted by molar-refractivity contribution is -0.0512. The van der Waals surface area contributed by atoms with Crippen molar-refractivity contribution in [1.29, 1.82) is 0 Å². The van der Waals surface area contributed by atoms with E-state index in [0.717, 1.165) is 17.9 Å². The summed E-state index contributed by atoms with van der Waals surface area (Å²) in [6.07, 6.45) is 0.803. The van der Waals surface area contributed by atoms with Crippen LogP contribution >= 0.6 is 0 Å². The van der Waals surface area contributed by atoms with E-state index in [2.05, 4.69) is 20.4 Å². The summed E-state index contributed by atoms with van der Waals surface area (Å²) < 4.78 is 45.6.